The van der Waals surface area contributed by atoms with Gasteiger partial charge in [-0.05, 0) is 18.1 Å². The lowest BCUT2D eigenvalue weighted by Gasteiger charge is -2.21. The van der Waals surface area contributed by atoms with Crippen LogP contribution in [0, 0.1) is 6.92 Å². The quantitative estimate of drug-likeness (QED) is 0.822. The van der Waals surface area contributed by atoms with Crippen molar-refractivity contribution >= 4 is 5.91 Å². The summed E-state index contributed by atoms with van der Waals surface area (Å²) in [4.78, 5) is 14.1. The molecule has 0 N–H and O–H groups in total. The third-order valence-corrected chi connectivity index (χ3v) is 3.20. The van der Waals surface area contributed by atoms with Crippen molar-refractivity contribution in [1.29, 1.82) is 0 Å². The lowest BCUT2D eigenvalue weighted by atomic mass is 9.89. The first kappa shape index (κ1) is 13.3. The molecule has 1 atom stereocenters. The fourth-order valence-corrected chi connectivity index (χ4v) is 2.23. The molecule has 0 bridgehead atoms. The van der Waals surface area contributed by atoms with Crippen molar-refractivity contribution in [1.82, 2.24) is 4.90 Å². The largest absolute Gasteiger partial charge is 0.348 e. The van der Waals surface area contributed by atoms with Gasteiger partial charge in [0, 0.05) is 14.1 Å². The van der Waals surface area contributed by atoms with Crippen LogP contribution in [0.5, 0.6) is 0 Å². The summed E-state index contributed by atoms with van der Waals surface area (Å²) in [7, 11) is 3.60. The van der Waals surface area contributed by atoms with Crippen molar-refractivity contribution in [3.05, 3.63) is 71.3 Å². The monoisotopic (exact) mass is 253 g/mol. The molecule has 0 radical (unpaired) electrons. The maximum absolute atomic E-state index is 12.5. The highest BCUT2D eigenvalue weighted by Gasteiger charge is 2.23. The average molecular weight is 253 g/mol. The van der Waals surface area contributed by atoms with Crippen molar-refractivity contribution in [2.24, 2.45) is 0 Å². The zero-order valence-electron chi connectivity index (χ0n) is 11.6. The summed E-state index contributed by atoms with van der Waals surface area (Å²) >= 11 is 0. The van der Waals surface area contributed by atoms with Crippen molar-refractivity contribution in [2.75, 3.05) is 14.1 Å². The molecule has 0 fully saturated rings. The predicted octanol–water partition coefficient (Wildman–Crippen LogP) is 3.22. The number of benzene rings is 2. The molecule has 2 rings (SSSR count). The molecule has 2 nitrogen and oxygen atoms in total. The van der Waals surface area contributed by atoms with Crippen molar-refractivity contribution in [3.63, 3.8) is 0 Å². The molecule has 0 spiro atoms. The molecule has 0 saturated heterocycles. The summed E-state index contributed by atoms with van der Waals surface area (Å²) in [5.74, 6) is -0.118. The van der Waals surface area contributed by atoms with Crippen molar-refractivity contribution in [2.45, 2.75) is 12.8 Å². The zero-order valence-corrected chi connectivity index (χ0v) is 11.6. The van der Waals surface area contributed by atoms with Crippen molar-refractivity contribution in [3.8, 4) is 0 Å². The van der Waals surface area contributed by atoms with Crippen LogP contribution in [0.3, 0.4) is 0 Å². The van der Waals surface area contributed by atoms with Gasteiger partial charge < -0.3 is 4.90 Å². The molecule has 98 valence electrons. The number of hydrogen-bond donors (Lipinski definition) is 0. The molecular weight excluding hydrogens is 234 g/mol. The van der Waals surface area contributed by atoms with E-state index in [0.717, 1.165) is 11.1 Å². The number of nitrogens with zero attached hydrogens (tertiary/aromatic N) is 1. The Balaban J connectivity index is 2.49. The van der Waals surface area contributed by atoms with Gasteiger partial charge in [0.1, 0.15) is 0 Å². The van der Waals surface area contributed by atoms with Crippen LogP contribution in [0.25, 0.3) is 0 Å². The van der Waals surface area contributed by atoms with Crippen LogP contribution in [0.4, 0.5) is 0 Å². The van der Waals surface area contributed by atoms with E-state index in [9.17, 15) is 4.79 Å². The number of likely N-dealkylation sites (N-methyl/N-ethyl adjacent to an activating group) is 1. The Labute approximate surface area is 114 Å². The minimum atomic E-state index is -0.226. The third-order valence-electron chi connectivity index (χ3n) is 3.20. The van der Waals surface area contributed by atoms with Crippen LogP contribution >= 0.6 is 0 Å². The Kier molecular flexibility index (Phi) is 4.00. The predicted molar refractivity (Wildman–Crippen MR) is 78.2 cm³/mol. The molecule has 0 aromatic heterocycles. The Bertz CT molecular complexity index is 560. The van der Waals surface area contributed by atoms with E-state index in [0.29, 0.717) is 0 Å². The molecule has 0 aliphatic rings. The molecule has 19 heavy (non-hydrogen) atoms. The highest BCUT2D eigenvalue weighted by Crippen LogP contribution is 2.26. The van der Waals surface area contributed by atoms with Crippen LogP contribution in [0.15, 0.2) is 54.6 Å². The van der Waals surface area contributed by atoms with Crippen molar-refractivity contribution < 1.29 is 4.79 Å². The van der Waals surface area contributed by atoms with E-state index in [4.69, 9.17) is 0 Å². The van der Waals surface area contributed by atoms with Crippen LogP contribution in [0.1, 0.15) is 22.6 Å². The molecule has 0 heterocycles. The standard InChI is InChI=1S/C17H19NO/c1-13-8-7-11-15(12-13)16(17(19)18(2)3)14-9-5-4-6-10-14/h4-12,16H,1-3H3. The lowest BCUT2D eigenvalue weighted by molar-refractivity contribution is -0.129. The van der Waals surface area contributed by atoms with E-state index < -0.39 is 0 Å². The highest BCUT2D eigenvalue weighted by atomic mass is 16.2. The van der Waals surface area contributed by atoms with Crippen LogP contribution in [0.2, 0.25) is 0 Å². The van der Waals surface area contributed by atoms with Crippen LogP contribution < -0.4 is 0 Å². The number of aryl methyl sites for hydroxylation is 1. The Morgan fingerprint density at radius 1 is 0.947 bits per heavy atom. The minimum Gasteiger partial charge on any atom is -0.348 e. The summed E-state index contributed by atoms with van der Waals surface area (Å²) in [6, 6.07) is 18.1. The Morgan fingerprint density at radius 3 is 2.16 bits per heavy atom. The van der Waals surface area contributed by atoms with Gasteiger partial charge in [0.2, 0.25) is 5.91 Å². The van der Waals surface area contributed by atoms with E-state index in [1.54, 1.807) is 19.0 Å². The molecule has 2 aromatic rings. The second-order valence-electron chi connectivity index (χ2n) is 4.99. The molecule has 0 saturated carbocycles. The maximum atomic E-state index is 12.5. The van der Waals surface area contributed by atoms with E-state index >= 15 is 0 Å². The van der Waals surface area contributed by atoms with E-state index in [1.165, 1.54) is 5.56 Å². The summed E-state index contributed by atoms with van der Waals surface area (Å²) < 4.78 is 0. The molecule has 2 aromatic carbocycles. The van der Waals surface area contributed by atoms with Gasteiger partial charge in [0.25, 0.3) is 0 Å². The van der Waals surface area contributed by atoms with Gasteiger partial charge in [-0.3, -0.25) is 4.79 Å². The summed E-state index contributed by atoms with van der Waals surface area (Å²) in [5.41, 5.74) is 3.25. The van der Waals surface area contributed by atoms with Gasteiger partial charge in [0.15, 0.2) is 0 Å². The summed E-state index contributed by atoms with van der Waals surface area (Å²) in [5, 5.41) is 0. The molecule has 0 aliphatic carbocycles. The maximum Gasteiger partial charge on any atom is 0.234 e. The lowest BCUT2D eigenvalue weighted by Crippen LogP contribution is -2.29. The first-order chi connectivity index (χ1) is 9.09. The minimum absolute atomic E-state index is 0.108. The SMILES string of the molecule is Cc1cccc(C(C(=O)N(C)C)c2ccccc2)c1. The smallest absolute Gasteiger partial charge is 0.234 e. The third kappa shape index (κ3) is 3.02. The molecule has 1 unspecified atom stereocenters. The molecule has 1 amide bonds. The Morgan fingerprint density at radius 2 is 1.58 bits per heavy atom. The Hall–Kier alpha value is -2.09. The number of carbonyl (C=O) groups is 1. The fraction of sp³-hybridized carbons (Fsp3) is 0.235. The topological polar surface area (TPSA) is 20.3 Å². The second-order valence-corrected chi connectivity index (χ2v) is 4.99. The first-order valence-electron chi connectivity index (χ1n) is 6.42. The van der Waals surface area contributed by atoms with Gasteiger partial charge in [-0.25, -0.2) is 0 Å². The summed E-state index contributed by atoms with van der Waals surface area (Å²) in [6.45, 7) is 2.05. The fourth-order valence-electron chi connectivity index (χ4n) is 2.23. The van der Waals surface area contributed by atoms with E-state index in [2.05, 4.69) is 6.07 Å². The first-order valence-corrected chi connectivity index (χ1v) is 6.42. The van der Waals surface area contributed by atoms with Gasteiger partial charge in [-0.1, -0.05) is 60.2 Å². The van der Waals surface area contributed by atoms with E-state index in [-0.39, 0.29) is 11.8 Å². The average Bonchev–Trinajstić information content (AvgIpc) is 2.40. The molecular formula is C17H19NO. The van der Waals surface area contributed by atoms with E-state index in [1.807, 2.05) is 55.5 Å². The number of hydrogen-bond acceptors (Lipinski definition) is 1. The number of amides is 1. The number of carbonyl (C=O) groups excluding carboxylic acids is 1. The molecule has 0 aliphatic heterocycles. The normalized spacial score (nSPS) is 11.9. The van der Waals surface area contributed by atoms with Crippen LogP contribution in [-0.2, 0) is 4.79 Å². The van der Waals surface area contributed by atoms with Gasteiger partial charge in [-0.15, -0.1) is 0 Å². The highest BCUT2D eigenvalue weighted by molar-refractivity contribution is 5.86. The van der Waals surface area contributed by atoms with Gasteiger partial charge in [-0.2, -0.15) is 0 Å². The molecule has 2 heteroatoms. The second kappa shape index (κ2) is 5.70. The van der Waals surface area contributed by atoms with Crippen LogP contribution in [-0.4, -0.2) is 24.9 Å². The van der Waals surface area contributed by atoms with Gasteiger partial charge >= 0.3 is 0 Å². The summed E-state index contributed by atoms with van der Waals surface area (Å²) in [6.07, 6.45) is 0. The van der Waals surface area contributed by atoms with Gasteiger partial charge in [0.05, 0.1) is 5.92 Å². The number of rotatable bonds is 3. The zero-order chi connectivity index (χ0) is 13.8.